The van der Waals surface area contributed by atoms with E-state index < -0.39 is 5.92 Å². The monoisotopic (exact) mass is 253 g/mol. The van der Waals surface area contributed by atoms with E-state index >= 15 is 0 Å². The zero-order valence-electron chi connectivity index (χ0n) is 10.9. The minimum absolute atomic E-state index is 0.0680. The molecule has 1 fully saturated rings. The van der Waals surface area contributed by atoms with Gasteiger partial charge in [0.05, 0.1) is 0 Å². The zero-order chi connectivity index (χ0) is 13.0. The molecule has 0 radical (unpaired) electrons. The maximum atomic E-state index is 13.8. The molecule has 0 aliphatic carbocycles. The largest absolute Gasteiger partial charge is 0.316 e. The van der Waals surface area contributed by atoms with Gasteiger partial charge in [0.25, 0.3) is 5.92 Å². The van der Waals surface area contributed by atoms with Crippen LogP contribution in [0.2, 0.25) is 0 Å². The van der Waals surface area contributed by atoms with Crippen LogP contribution in [0.1, 0.15) is 37.3 Å². The Morgan fingerprint density at radius 2 is 2.22 bits per heavy atom. The Kier molecular flexibility index (Phi) is 4.33. The van der Waals surface area contributed by atoms with Crippen LogP contribution in [0.25, 0.3) is 0 Å². The number of rotatable bonds is 5. The number of hydrogen-bond donors (Lipinski definition) is 1. The molecule has 1 heterocycles. The van der Waals surface area contributed by atoms with E-state index in [4.69, 9.17) is 0 Å². The molecule has 1 unspecified atom stereocenters. The summed E-state index contributed by atoms with van der Waals surface area (Å²) in [4.78, 5) is 0. The average Bonchev–Trinajstić information content (AvgIpc) is 2.82. The first-order valence-electron chi connectivity index (χ1n) is 6.80. The molecule has 0 saturated carbocycles. The maximum absolute atomic E-state index is 13.8. The highest BCUT2D eigenvalue weighted by Gasteiger charge is 2.30. The van der Waals surface area contributed by atoms with Crippen LogP contribution in [0.15, 0.2) is 24.3 Å². The van der Waals surface area contributed by atoms with Crippen LogP contribution < -0.4 is 5.32 Å². The van der Waals surface area contributed by atoms with E-state index in [9.17, 15) is 8.78 Å². The van der Waals surface area contributed by atoms with Gasteiger partial charge in [-0.1, -0.05) is 31.5 Å². The van der Waals surface area contributed by atoms with Crippen molar-refractivity contribution in [3.8, 4) is 0 Å². The molecule has 0 bridgehead atoms. The fourth-order valence-electron chi connectivity index (χ4n) is 2.61. The molecule has 0 amide bonds. The van der Waals surface area contributed by atoms with Crippen molar-refractivity contribution in [2.45, 2.75) is 38.5 Å². The molecule has 3 heteroatoms. The van der Waals surface area contributed by atoms with Gasteiger partial charge in [0.2, 0.25) is 0 Å². The SMILES string of the molecule is CCCC(F)(F)c1cccc(CC2CCNC2)c1. The Labute approximate surface area is 108 Å². The summed E-state index contributed by atoms with van der Waals surface area (Å²) in [6, 6.07) is 6.96. The topological polar surface area (TPSA) is 12.0 Å². The van der Waals surface area contributed by atoms with E-state index in [2.05, 4.69) is 5.32 Å². The second-order valence-corrected chi connectivity index (χ2v) is 5.22. The van der Waals surface area contributed by atoms with Gasteiger partial charge in [0, 0.05) is 12.0 Å². The van der Waals surface area contributed by atoms with Gasteiger partial charge in [-0.15, -0.1) is 0 Å². The normalized spacial score (nSPS) is 20.3. The summed E-state index contributed by atoms with van der Waals surface area (Å²) >= 11 is 0. The Morgan fingerprint density at radius 3 is 2.89 bits per heavy atom. The molecule has 1 saturated heterocycles. The summed E-state index contributed by atoms with van der Waals surface area (Å²) in [7, 11) is 0. The van der Waals surface area contributed by atoms with Crippen LogP contribution in [0, 0.1) is 5.92 Å². The van der Waals surface area contributed by atoms with Gasteiger partial charge >= 0.3 is 0 Å². The maximum Gasteiger partial charge on any atom is 0.273 e. The van der Waals surface area contributed by atoms with Crippen molar-refractivity contribution in [2.75, 3.05) is 13.1 Å². The third-order valence-electron chi connectivity index (χ3n) is 3.60. The van der Waals surface area contributed by atoms with E-state index in [0.717, 1.165) is 31.5 Å². The first-order chi connectivity index (χ1) is 8.62. The molecule has 1 aromatic carbocycles. The molecule has 0 spiro atoms. The summed E-state index contributed by atoms with van der Waals surface area (Å²) in [5.74, 6) is -2.08. The summed E-state index contributed by atoms with van der Waals surface area (Å²) in [5.41, 5.74) is 1.21. The molecular formula is C15H21F2N. The summed E-state index contributed by atoms with van der Waals surface area (Å²) in [6.07, 6.45) is 2.49. The summed E-state index contributed by atoms with van der Waals surface area (Å²) in [6.45, 7) is 3.86. The highest BCUT2D eigenvalue weighted by Crippen LogP contribution is 2.33. The van der Waals surface area contributed by atoms with Crippen LogP contribution in [0.3, 0.4) is 0 Å². The molecule has 100 valence electrons. The Hall–Kier alpha value is -0.960. The lowest BCUT2D eigenvalue weighted by molar-refractivity contribution is -0.0141. The van der Waals surface area contributed by atoms with Crippen molar-refractivity contribution in [1.82, 2.24) is 5.32 Å². The lowest BCUT2D eigenvalue weighted by Gasteiger charge is -2.17. The third-order valence-corrected chi connectivity index (χ3v) is 3.60. The second-order valence-electron chi connectivity index (χ2n) is 5.22. The van der Waals surface area contributed by atoms with E-state index in [1.165, 1.54) is 0 Å². The Balaban J connectivity index is 2.08. The molecule has 0 aromatic heterocycles. The lowest BCUT2D eigenvalue weighted by Crippen LogP contribution is -2.14. The predicted octanol–water partition coefficient (Wildman–Crippen LogP) is 3.73. The smallest absolute Gasteiger partial charge is 0.273 e. The van der Waals surface area contributed by atoms with E-state index in [0.29, 0.717) is 12.3 Å². The fraction of sp³-hybridized carbons (Fsp3) is 0.600. The summed E-state index contributed by atoms with van der Waals surface area (Å²) < 4.78 is 27.7. The number of halogens is 2. The van der Waals surface area contributed by atoms with Gasteiger partial charge in [-0.25, -0.2) is 8.78 Å². The first kappa shape index (κ1) is 13.5. The van der Waals surface area contributed by atoms with Gasteiger partial charge in [-0.05, 0) is 43.5 Å². The van der Waals surface area contributed by atoms with Crippen LogP contribution in [0.5, 0.6) is 0 Å². The first-order valence-corrected chi connectivity index (χ1v) is 6.80. The highest BCUT2D eigenvalue weighted by atomic mass is 19.3. The van der Waals surface area contributed by atoms with E-state index in [1.54, 1.807) is 25.1 Å². The molecule has 1 aromatic rings. The van der Waals surface area contributed by atoms with E-state index in [-0.39, 0.29) is 12.0 Å². The van der Waals surface area contributed by atoms with Crippen LogP contribution >= 0.6 is 0 Å². The molecule has 1 nitrogen and oxygen atoms in total. The molecule has 1 N–H and O–H groups in total. The van der Waals surface area contributed by atoms with Gasteiger partial charge in [-0.3, -0.25) is 0 Å². The lowest BCUT2D eigenvalue weighted by atomic mass is 9.95. The highest BCUT2D eigenvalue weighted by molar-refractivity contribution is 5.27. The molecule has 1 aliphatic heterocycles. The van der Waals surface area contributed by atoms with Crippen molar-refractivity contribution in [1.29, 1.82) is 0 Å². The van der Waals surface area contributed by atoms with E-state index in [1.807, 2.05) is 6.07 Å². The quantitative estimate of drug-likeness (QED) is 0.843. The zero-order valence-corrected chi connectivity index (χ0v) is 10.9. The van der Waals surface area contributed by atoms with Gasteiger partial charge < -0.3 is 5.32 Å². The van der Waals surface area contributed by atoms with Crippen LogP contribution in [0.4, 0.5) is 8.78 Å². The number of nitrogens with one attached hydrogen (secondary N) is 1. The molecule has 1 atom stereocenters. The van der Waals surface area contributed by atoms with Crippen LogP contribution in [-0.4, -0.2) is 13.1 Å². The van der Waals surface area contributed by atoms with Crippen molar-refractivity contribution in [3.63, 3.8) is 0 Å². The van der Waals surface area contributed by atoms with Crippen molar-refractivity contribution < 1.29 is 8.78 Å². The van der Waals surface area contributed by atoms with Crippen LogP contribution in [-0.2, 0) is 12.3 Å². The van der Waals surface area contributed by atoms with Gasteiger partial charge in [-0.2, -0.15) is 0 Å². The molecule has 18 heavy (non-hydrogen) atoms. The summed E-state index contributed by atoms with van der Waals surface area (Å²) in [5, 5.41) is 3.31. The fourth-order valence-corrected chi connectivity index (χ4v) is 2.61. The third kappa shape index (κ3) is 3.29. The molecule has 2 rings (SSSR count). The second kappa shape index (κ2) is 5.79. The van der Waals surface area contributed by atoms with Crippen molar-refractivity contribution >= 4 is 0 Å². The number of hydrogen-bond acceptors (Lipinski definition) is 1. The van der Waals surface area contributed by atoms with Gasteiger partial charge in [0.15, 0.2) is 0 Å². The minimum atomic E-state index is -2.68. The van der Waals surface area contributed by atoms with Crippen molar-refractivity contribution in [2.24, 2.45) is 5.92 Å². The molecule has 1 aliphatic rings. The standard InChI is InChI=1S/C15H21F2N/c1-2-7-15(16,17)14-5-3-4-12(10-14)9-13-6-8-18-11-13/h3-5,10,13,18H,2,6-9,11H2,1H3. The van der Waals surface area contributed by atoms with Crippen molar-refractivity contribution in [3.05, 3.63) is 35.4 Å². The minimum Gasteiger partial charge on any atom is -0.316 e. The average molecular weight is 253 g/mol. The predicted molar refractivity (Wildman–Crippen MR) is 69.9 cm³/mol. The Morgan fingerprint density at radius 1 is 1.39 bits per heavy atom. The number of benzene rings is 1. The Bertz CT molecular complexity index is 384. The number of alkyl halides is 2. The molecular weight excluding hydrogens is 232 g/mol. The van der Waals surface area contributed by atoms with Gasteiger partial charge in [0.1, 0.15) is 0 Å².